The zero-order valence-corrected chi connectivity index (χ0v) is 21.0. The van der Waals surface area contributed by atoms with E-state index in [0.717, 1.165) is 61.9 Å². The Morgan fingerprint density at radius 3 is 2.38 bits per heavy atom. The van der Waals surface area contributed by atoms with Gasteiger partial charge in [-0.3, -0.25) is 4.79 Å². The number of piperazine rings is 1. The molecule has 1 fully saturated rings. The third-order valence-corrected chi connectivity index (χ3v) is 6.24. The summed E-state index contributed by atoms with van der Waals surface area (Å²) in [6.07, 6.45) is 2.61. The van der Waals surface area contributed by atoms with E-state index in [9.17, 15) is 4.79 Å². The van der Waals surface area contributed by atoms with E-state index in [1.807, 2.05) is 4.90 Å². The predicted octanol–water partition coefficient (Wildman–Crippen LogP) is 5.43. The lowest BCUT2D eigenvalue weighted by atomic mass is 9.84. The quantitative estimate of drug-likeness (QED) is 0.605. The fraction of sp³-hybridized carbons (Fsp3) is 0.593. The molecule has 0 radical (unpaired) electrons. The Labute approximate surface area is 194 Å². The van der Waals surface area contributed by atoms with Crippen LogP contribution in [-0.2, 0) is 11.2 Å². The number of nitrogens with zero attached hydrogens (tertiary/aromatic N) is 4. The van der Waals surface area contributed by atoms with Gasteiger partial charge in [-0.1, -0.05) is 58.4 Å². The van der Waals surface area contributed by atoms with Crippen molar-refractivity contribution < 1.29 is 4.79 Å². The van der Waals surface area contributed by atoms with E-state index in [1.165, 1.54) is 11.1 Å². The Morgan fingerprint density at radius 2 is 1.78 bits per heavy atom. The summed E-state index contributed by atoms with van der Waals surface area (Å²) < 4.78 is 0. The molecule has 32 heavy (non-hydrogen) atoms. The van der Waals surface area contributed by atoms with Crippen molar-refractivity contribution in [2.45, 2.75) is 67.7 Å². The van der Waals surface area contributed by atoms with Gasteiger partial charge in [0.25, 0.3) is 0 Å². The Hall–Kier alpha value is -2.43. The Morgan fingerprint density at radius 1 is 1.09 bits per heavy atom. The number of aromatic nitrogens is 2. The minimum atomic E-state index is 0.259. The summed E-state index contributed by atoms with van der Waals surface area (Å²) in [5.41, 5.74) is 4.77. The second-order valence-corrected chi connectivity index (χ2v) is 10.6. The highest BCUT2D eigenvalue weighted by atomic mass is 16.2. The van der Waals surface area contributed by atoms with Crippen molar-refractivity contribution in [2.24, 2.45) is 11.3 Å². The third kappa shape index (κ3) is 6.08. The minimum absolute atomic E-state index is 0.259. The smallest absolute Gasteiger partial charge is 0.222 e. The standard InChI is InChI=1S/C27H40N4O/c1-8-23-21(4)28-25(22-11-9-10-19(2)16-22)29-26(23)31-14-12-30(13-15-31)24(32)17-20(3)18-27(5,6)7/h9-11,16,20H,8,12-15,17-18H2,1-7H3/t20-/m0/s1. The maximum absolute atomic E-state index is 12.9. The molecule has 0 unspecified atom stereocenters. The second-order valence-electron chi connectivity index (χ2n) is 10.6. The highest BCUT2D eigenvalue weighted by molar-refractivity contribution is 5.76. The van der Waals surface area contributed by atoms with Crippen LogP contribution in [0.1, 0.15) is 64.3 Å². The van der Waals surface area contributed by atoms with E-state index in [0.29, 0.717) is 12.3 Å². The molecule has 3 rings (SSSR count). The van der Waals surface area contributed by atoms with Crippen LogP contribution in [0.5, 0.6) is 0 Å². The van der Waals surface area contributed by atoms with Crippen LogP contribution in [-0.4, -0.2) is 47.0 Å². The molecule has 1 amide bonds. The molecule has 1 aromatic carbocycles. The number of carbonyl (C=O) groups excluding carboxylic acids is 1. The lowest BCUT2D eigenvalue weighted by Crippen LogP contribution is -2.49. The number of hydrogen-bond donors (Lipinski definition) is 0. The van der Waals surface area contributed by atoms with Gasteiger partial charge in [0.2, 0.25) is 5.91 Å². The summed E-state index contributed by atoms with van der Waals surface area (Å²) in [5, 5.41) is 0. The van der Waals surface area contributed by atoms with E-state index in [4.69, 9.17) is 9.97 Å². The number of anilines is 1. The first-order valence-corrected chi connectivity index (χ1v) is 12.0. The summed E-state index contributed by atoms with van der Waals surface area (Å²) in [7, 11) is 0. The molecule has 0 saturated carbocycles. The van der Waals surface area contributed by atoms with Gasteiger partial charge >= 0.3 is 0 Å². The number of hydrogen-bond acceptors (Lipinski definition) is 4. The Balaban J connectivity index is 1.72. The molecule has 1 aromatic heterocycles. The SMILES string of the molecule is CCc1c(C)nc(-c2cccc(C)c2)nc1N1CCN(C(=O)C[C@H](C)CC(C)(C)C)CC1. The molecule has 0 bridgehead atoms. The second kappa shape index (κ2) is 10.0. The molecule has 2 heterocycles. The molecule has 1 aliphatic rings. The van der Waals surface area contributed by atoms with E-state index in [-0.39, 0.29) is 11.3 Å². The van der Waals surface area contributed by atoms with Gasteiger partial charge in [-0.25, -0.2) is 9.97 Å². The van der Waals surface area contributed by atoms with Crippen LogP contribution in [0.2, 0.25) is 0 Å². The monoisotopic (exact) mass is 436 g/mol. The molecule has 0 spiro atoms. The maximum atomic E-state index is 12.9. The van der Waals surface area contributed by atoms with E-state index in [2.05, 4.69) is 77.6 Å². The van der Waals surface area contributed by atoms with Crippen LogP contribution < -0.4 is 4.90 Å². The molecule has 1 saturated heterocycles. The number of amides is 1. The number of carbonyl (C=O) groups is 1. The van der Waals surface area contributed by atoms with Crippen LogP contribution in [0.4, 0.5) is 5.82 Å². The summed E-state index contributed by atoms with van der Waals surface area (Å²) in [6, 6.07) is 8.37. The molecule has 174 valence electrons. The number of aryl methyl sites for hydroxylation is 2. The number of rotatable bonds is 6. The lowest BCUT2D eigenvalue weighted by molar-refractivity contribution is -0.132. The van der Waals surface area contributed by atoms with Crippen LogP contribution in [0.15, 0.2) is 24.3 Å². The molecule has 2 aromatic rings. The van der Waals surface area contributed by atoms with Crippen molar-refractivity contribution in [2.75, 3.05) is 31.1 Å². The molecular weight excluding hydrogens is 396 g/mol. The fourth-order valence-electron chi connectivity index (χ4n) is 4.88. The van der Waals surface area contributed by atoms with Gasteiger partial charge < -0.3 is 9.80 Å². The van der Waals surface area contributed by atoms with E-state index in [1.54, 1.807) is 0 Å². The minimum Gasteiger partial charge on any atom is -0.353 e. The summed E-state index contributed by atoms with van der Waals surface area (Å²) >= 11 is 0. The molecule has 5 heteroatoms. The molecular formula is C27H40N4O. The number of benzene rings is 1. The lowest BCUT2D eigenvalue weighted by Gasteiger charge is -2.37. The van der Waals surface area contributed by atoms with E-state index >= 15 is 0 Å². The predicted molar refractivity (Wildman–Crippen MR) is 133 cm³/mol. The third-order valence-electron chi connectivity index (χ3n) is 6.24. The topological polar surface area (TPSA) is 49.3 Å². The highest BCUT2D eigenvalue weighted by Gasteiger charge is 2.26. The summed E-state index contributed by atoms with van der Waals surface area (Å²) in [4.78, 5) is 27.1. The summed E-state index contributed by atoms with van der Waals surface area (Å²) in [5.74, 6) is 2.52. The Bertz CT molecular complexity index is 939. The normalized spacial score (nSPS) is 15.7. The van der Waals surface area contributed by atoms with Crippen molar-refractivity contribution in [1.29, 1.82) is 0 Å². The molecule has 5 nitrogen and oxygen atoms in total. The Kier molecular flexibility index (Phi) is 7.58. The van der Waals surface area contributed by atoms with Gasteiger partial charge in [-0.15, -0.1) is 0 Å². The van der Waals surface area contributed by atoms with Gasteiger partial charge in [0.05, 0.1) is 0 Å². The van der Waals surface area contributed by atoms with Gasteiger partial charge in [0, 0.05) is 49.4 Å². The van der Waals surface area contributed by atoms with Crippen molar-refractivity contribution in [1.82, 2.24) is 14.9 Å². The largest absolute Gasteiger partial charge is 0.353 e. The first-order chi connectivity index (χ1) is 15.1. The van der Waals surface area contributed by atoms with Gasteiger partial charge in [0.15, 0.2) is 5.82 Å². The van der Waals surface area contributed by atoms with Crippen molar-refractivity contribution >= 4 is 11.7 Å². The summed E-state index contributed by atoms with van der Waals surface area (Å²) in [6.45, 7) is 18.4. The van der Waals surface area contributed by atoms with Crippen LogP contribution in [0, 0.1) is 25.2 Å². The molecule has 1 aliphatic heterocycles. The van der Waals surface area contributed by atoms with Gasteiger partial charge in [0.1, 0.15) is 5.82 Å². The van der Waals surface area contributed by atoms with Crippen LogP contribution >= 0.6 is 0 Å². The fourth-order valence-corrected chi connectivity index (χ4v) is 4.88. The molecule has 1 atom stereocenters. The van der Waals surface area contributed by atoms with Gasteiger partial charge in [-0.2, -0.15) is 0 Å². The zero-order chi connectivity index (χ0) is 23.5. The average Bonchev–Trinajstić information content (AvgIpc) is 2.71. The van der Waals surface area contributed by atoms with Crippen molar-refractivity contribution in [3.8, 4) is 11.4 Å². The first kappa shape index (κ1) is 24.2. The van der Waals surface area contributed by atoms with Gasteiger partial charge in [-0.05, 0) is 44.1 Å². The first-order valence-electron chi connectivity index (χ1n) is 12.0. The average molecular weight is 437 g/mol. The highest BCUT2D eigenvalue weighted by Crippen LogP contribution is 2.28. The van der Waals surface area contributed by atoms with Crippen LogP contribution in [0.25, 0.3) is 11.4 Å². The van der Waals surface area contributed by atoms with E-state index < -0.39 is 0 Å². The zero-order valence-electron chi connectivity index (χ0n) is 21.0. The molecule has 0 N–H and O–H groups in total. The van der Waals surface area contributed by atoms with Crippen LogP contribution in [0.3, 0.4) is 0 Å². The molecule has 0 aliphatic carbocycles. The van der Waals surface area contributed by atoms with Crippen molar-refractivity contribution in [3.63, 3.8) is 0 Å². The van der Waals surface area contributed by atoms with Crippen molar-refractivity contribution in [3.05, 3.63) is 41.1 Å². The maximum Gasteiger partial charge on any atom is 0.222 e.